The highest BCUT2D eigenvalue weighted by Crippen LogP contribution is 2.09. The van der Waals surface area contributed by atoms with Crippen LogP contribution < -0.4 is 0 Å². The van der Waals surface area contributed by atoms with Crippen molar-refractivity contribution in [2.75, 3.05) is 0 Å². The van der Waals surface area contributed by atoms with Crippen molar-refractivity contribution >= 4 is 0 Å². The van der Waals surface area contributed by atoms with Crippen LogP contribution in [0.4, 0.5) is 0 Å². The molecular weight excluding hydrogens is 480 g/mol. The van der Waals surface area contributed by atoms with E-state index in [1.807, 2.05) is 0 Å². The molecule has 0 nitrogen and oxygen atoms in total. The van der Waals surface area contributed by atoms with Crippen LogP contribution in [0.2, 0.25) is 0 Å². The first-order valence-corrected chi connectivity index (χ1v) is 14.7. The van der Waals surface area contributed by atoms with E-state index in [4.69, 9.17) is 0 Å². The molecule has 0 saturated heterocycles. The fourth-order valence-electron chi connectivity index (χ4n) is 3.41. The summed E-state index contributed by atoms with van der Waals surface area (Å²) in [6, 6.07) is 0. The second-order valence-electron chi connectivity index (χ2n) is 11.1. The van der Waals surface area contributed by atoms with Gasteiger partial charge in [-0.2, -0.15) is 0 Å². The lowest BCUT2D eigenvalue weighted by atomic mass is 10.1. The van der Waals surface area contributed by atoms with E-state index in [2.05, 4.69) is 179 Å². The van der Waals surface area contributed by atoms with Crippen molar-refractivity contribution in [1.29, 1.82) is 0 Å². The van der Waals surface area contributed by atoms with Crippen LogP contribution in [0.3, 0.4) is 0 Å². The summed E-state index contributed by atoms with van der Waals surface area (Å²) in [6.07, 6.45) is 43.3. The molecule has 0 N–H and O–H groups in total. The monoisotopic (exact) mass is 536 g/mol. The van der Waals surface area contributed by atoms with Crippen LogP contribution >= 0.6 is 0 Å². The predicted octanol–water partition coefficient (Wildman–Crippen LogP) is 12.9. The summed E-state index contributed by atoms with van der Waals surface area (Å²) in [7, 11) is 0. The average Bonchev–Trinajstić information content (AvgIpc) is 2.86. The van der Waals surface area contributed by atoms with Crippen molar-refractivity contribution in [2.24, 2.45) is 0 Å². The molecule has 0 spiro atoms. The first-order valence-electron chi connectivity index (χ1n) is 14.7. The fraction of sp³-hybridized carbons (Fsp3) is 0.350. The van der Waals surface area contributed by atoms with Crippen molar-refractivity contribution in [2.45, 2.75) is 94.9 Å². The molecule has 0 heterocycles. The summed E-state index contributed by atoms with van der Waals surface area (Å²) < 4.78 is 0. The van der Waals surface area contributed by atoms with Gasteiger partial charge in [-0.3, -0.25) is 0 Å². The van der Waals surface area contributed by atoms with Gasteiger partial charge in [-0.25, -0.2) is 0 Å². The minimum atomic E-state index is 1.12. The molecule has 216 valence electrons. The molecule has 0 saturated carbocycles. The molecule has 0 heteroatoms. The molecule has 0 rings (SSSR count). The topological polar surface area (TPSA) is 0 Å². The summed E-state index contributed by atoms with van der Waals surface area (Å²) in [5.41, 5.74) is 10.5. The zero-order chi connectivity index (χ0) is 30.2. The highest BCUT2D eigenvalue weighted by molar-refractivity contribution is 5.32. The zero-order valence-corrected chi connectivity index (χ0v) is 27.2. The van der Waals surface area contributed by atoms with Gasteiger partial charge in [0.25, 0.3) is 0 Å². The third kappa shape index (κ3) is 24.9. The molecule has 0 aliphatic rings. The van der Waals surface area contributed by atoms with E-state index < -0.39 is 0 Å². The fourth-order valence-corrected chi connectivity index (χ4v) is 3.41. The van der Waals surface area contributed by atoms with Crippen LogP contribution in [-0.2, 0) is 0 Å². The summed E-state index contributed by atoms with van der Waals surface area (Å²) in [4.78, 5) is 0. The molecule has 0 aromatic heterocycles. The quantitative estimate of drug-likeness (QED) is 0.136. The summed E-state index contributed by atoms with van der Waals surface area (Å²) in [6.45, 7) is 21.5. The Hall–Kier alpha value is -3.38. The first-order chi connectivity index (χ1) is 19.0. The number of hydrogen-bond acceptors (Lipinski definition) is 0. The van der Waals surface area contributed by atoms with Crippen LogP contribution in [-0.4, -0.2) is 0 Å². The van der Waals surface area contributed by atoms with Gasteiger partial charge in [0, 0.05) is 0 Å². The molecule has 0 aliphatic carbocycles. The molecule has 0 bridgehead atoms. The third-order valence-electron chi connectivity index (χ3n) is 5.93. The van der Waals surface area contributed by atoms with Gasteiger partial charge in [0.05, 0.1) is 0 Å². The Morgan fingerprint density at radius 1 is 0.350 bits per heavy atom. The Bertz CT molecular complexity index is 1050. The van der Waals surface area contributed by atoms with Gasteiger partial charge >= 0.3 is 0 Å². The lowest BCUT2D eigenvalue weighted by molar-refractivity contribution is 0.967. The Morgan fingerprint density at radius 2 is 0.625 bits per heavy atom. The minimum absolute atomic E-state index is 1.12. The van der Waals surface area contributed by atoms with E-state index in [0.29, 0.717) is 0 Å². The van der Waals surface area contributed by atoms with Gasteiger partial charge in [-0.1, -0.05) is 154 Å². The van der Waals surface area contributed by atoms with Crippen LogP contribution in [0.5, 0.6) is 0 Å². The SMILES string of the molecule is CC(C)=CCCC(C)=CC=CC(C)=CC=CC(C)=CC=CC=C(C)/C=C/C=C(C)/C=C/C=C(\C)CCC=C(C)C. The normalized spacial score (nSPS) is 15.1. The largest absolute Gasteiger partial charge is 0.0856 e. The standard InChI is InChI=1S/C40H56/c1-33(2)19-13-23-37(7)27-17-31-39(9)29-15-25-35(5)21-11-12-22-36(6)26-16-30-40(10)32-18-28-38(8)24-14-20-34(3)4/h11-12,15-22,25-32H,13-14,23-24H2,1-10H3/b12-11?,25-15+,26-16?,31-17+,32-18?,35-21?,36-22?,37-27+,38-28?,39-29+,40-30?. The van der Waals surface area contributed by atoms with E-state index in [9.17, 15) is 0 Å². The summed E-state index contributed by atoms with van der Waals surface area (Å²) in [5, 5.41) is 0. The lowest BCUT2D eigenvalue weighted by Gasteiger charge is -1.96. The number of rotatable bonds is 16. The molecule has 0 aromatic rings. The molecule has 0 fully saturated rings. The highest BCUT2D eigenvalue weighted by Gasteiger charge is 1.88. The van der Waals surface area contributed by atoms with Crippen molar-refractivity contribution in [1.82, 2.24) is 0 Å². The van der Waals surface area contributed by atoms with Crippen molar-refractivity contribution in [3.05, 3.63) is 154 Å². The van der Waals surface area contributed by atoms with Gasteiger partial charge in [0.1, 0.15) is 0 Å². The van der Waals surface area contributed by atoms with Crippen LogP contribution in [0.15, 0.2) is 154 Å². The molecule has 40 heavy (non-hydrogen) atoms. The van der Waals surface area contributed by atoms with E-state index in [1.54, 1.807) is 0 Å². The highest BCUT2D eigenvalue weighted by atomic mass is 13.9. The Labute approximate surface area is 248 Å². The Balaban J connectivity index is 4.70. The maximum absolute atomic E-state index is 2.30. The lowest BCUT2D eigenvalue weighted by Crippen LogP contribution is -1.76. The second kappa shape index (κ2) is 23.5. The van der Waals surface area contributed by atoms with Crippen LogP contribution in [0.25, 0.3) is 0 Å². The Morgan fingerprint density at radius 3 is 0.925 bits per heavy atom. The zero-order valence-electron chi connectivity index (χ0n) is 27.2. The van der Waals surface area contributed by atoms with Crippen molar-refractivity contribution in [3.8, 4) is 0 Å². The molecule has 0 aliphatic heterocycles. The van der Waals surface area contributed by atoms with Crippen LogP contribution in [0.1, 0.15) is 94.9 Å². The maximum Gasteiger partial charge on any atom is -0.0285 e. The first kappa shape index (κ1) is 36.6. The Kier molecular flexibility index (Phi) is 21.5. The maximum atomic E-state index is 2.30. The predicted molar refractivity (Wildman–Crippen MR) is 186 cm³/mol. The van der Waals surface area contributed by atoms with Gasteiger partial charge in [-0.05, 0) is 94.9 Å². The average molecular weight is 537 g/mol. The van der Waals surface area contributed by atoms with Crippen molar-refractivity contribution < 1.29 is 0 Å². The van der Waals surface area contributed by atoms with Crippen LogP contribution in [0, 0.1) is 0 Å². The minimum Gasteiger partial charge on any atom is -0.0856 e. The van der Waals surface area contributed by atoms with E-state index in [0.717, 1.165) is 25.7 Å². The number of allylic oxidation sites excluding steroid dienone is 26. The van der Waals surface area contributed by atoms with Gasteiger partial charge in [-0.15, -0.1) is 0 Å². The number of hydrogen-bond donors (Lipinski definition) is 0. The molecular formula is C40H56. The second-order valence-corrected chi connectivity index (χ2v) is 11.1. The molecule has 0 radical (unpaired) electrons. The summed E-state index contributed by atoms with van der Waals surface area (Å²) in [5.74, 6) is 0. The molecule has 0 amide bonds. The van der Waals surface area contributed by atoms with Gasteiger partial charge in [0.15, 0.2) is 0 Å². The van der Waals surface area contributed by atoms with E-state index in [-0.39, 0.29) is 0 Å². The molecule has 0 unspecified atom stereocenters. The van der Waals surface area contributed by atoms with E-state index in [1.165, 1.54) is 44.6 Å². The van der Waals surface area contributed by atoms with E-state index >= 15 is 0 Å². The smallest absolute Gasteiger partial charge is 0.0285 e. The summed E-state index contributed by atoms with van der Waals surface area (Å²) >= 11 is 0. The third-order valence-corrected chi connectivity index (χ3v) is 5.93. The van der Waals surface area contributed by atoms with Gasteiger partial charge < -0.3 is 0 Å². The van der Waals surface area contributed by atoms with Crippen molar-refractivity contribution in [3.63, 3.8) is 0 Å². The van der Waals surface area contributed by atoms with Gasteiger partial charge in [0.2, 0.25) is 0 Å². The molecule has 0 atom stereocenters. The molecule has 0 aromatic carbocycles.